The molecule has 0 atom stereocenters. The van der Waals surface area contributed by atoms with E-state index in [1.807, 2.05) is 0 Å². The van der Waals surface area contributed by atoms with Crippen molar-refractivity contribution in [2.24, 2.45) is 0 Å². The summed E-state index contributed by atoms with van der Waals surface area (Å²) in [6.45, 7) is 4.53. The Hall–Kier alpha value is -0.513. The molecule has 0 aromatic carbocycles. The van der Waals surface area contributed by atoms with Gasteiger partial charge in [-0.1, -0.05) is 13.1 Å². The van der Waals surface area contributed by atoms with Gasteiger partial charge in [-0.2, -0.15) is 0 Å². The summed E-state index contributed by atoms with van der Waals surface area (Å²) in [5.41, 5.74) is 0. The van der Waals surface area contributed by atoms with Crippen LogP contribution in [0.4, 0.5) is 4.79 Å². The molecule has 0 aromatic rings. The summed E-state index contributed by atoms with van der Waals surface area (Å²) in [7, 11) is 1.52. The quantitative estimate of drug-likeness (QED) is 0.391. The highest BCUT2D eigenvalue weighted by Crippen LogP contribution is 1.60. The van der Waals surface area contributed by atoms with Crippen molar-refractivity contribution in [1.29, 1.82) is 0 Å². The lowest BCUT2D eigenvalue weighted by atomic mass is 11.4. The first-order valence-corrected chi connectivity index (χ1v) is 5.28. The van der Waals surface area contributed by atoms with Gasteiger partial charge in [0.1, 0.15) is 0 Å². The van der Waals surface area contributed by atoms with Gasteiger partial charge in [-0.15, -0.1) is 0 Å². The van der Waals surface area contributed by atoms with Gasteiger partial charge in [0.25, 0.3) is 0 Å². The molecule has 0 rings (SSSR count). The number of carboxylic acid groups (broad SMARTS) is 1. The van der Waals surface area contributed by atoms with E-state index in [2.05, 4.69) is 17.8 Å². The van der Waals surface area contributed by atoms with Crippen molar-refractivity contribution < 1.29 is 14.6 Å². The molecule has 8 heavy (non-hydrogen) atoms. The lowest BCUT2D eigenvalue weighted by Crippen LogP contribution is -1.91. The molecule has 4 heteroatoms. The maximum Gasteiger partial charge on any atom is 0.505 e. The van der Waals surface area contributed by atoms with E-state index in [4.69, 9.17) is 9.90 Å². The minimum atomic E-state index is -1.25. The van der Waals surface area contributed by atoms with Crippen LogP contribution >= 0.6 is 0 Å². The molecule has 0 aliphatic rings. The van der Waals surface area contributed by atoms with Gasteiger partial charge in [-0.3, -0.25) is 0 Å². The fourth-order valence-corrected chi connectivity index (χ4v) is 0. The Labute approximate surface area is 51.5 Å². The molecule has 50 valence electrons. The van der Waals surface area contributed by atoms with Crippen LogP contribution in [0.5, 0.6) is 0 Å². The molecule has 1 N–H and O–H groups in total. The van der Waals surface area contributed by atoms with Gasteiger partial charge < -0.3 is 9.84 Å². The normalized spacial score (nSPS) is 6.38. The number of hydrogen-bond acceptors (Lipinski definition) is 2. The summed E-state index contributed by atoms with van der Waals surface area (Å²) in [6, 6.07) is 0. The third-order valence-corrected chi connectivity index (χ3v) is 0.175. The lowest BCUT2D eigenvalue weighted by Gasteiger charge is -1.79. The maximum atomic E-state index is 9.15. The second-order valence-electron chi connectivity index (χ2n) is 1.18. The predicted octanol–water partition coefficient (Wildman–Crippen LogP) is 0.562. The number of methoxy groups -OCH3 is 1. The molecule has 0 unspecified atom stereocenters. The zero-order chi connectivity index (χ0) is 6.99. The average molecular weight is 136 g/mol. The fourth-order valence-electron chi connectivity index (χ4n) is 0. The molecule has 0 radical (unpaired) electrons. The van der Waals surface area contributed by atoms with Gasteiger partial charge in [-0.05, 0) is 0 Å². The van der Waals surface area contributed by atoms with Crippen LogP contribution in [0, 0.1) is 0 Å². The molecule has 0 fully saturated rings. The summed E-state index contributed by atoms with van der Waals surface area (Å²) in [4.78, 5) is 9.15. The van der Waals surface area contributed by atoms with E-state index in [1.165, 1.54) is 0 Å². The molecule has 3 nitrogen and oxygen atoms in total. The number of carbonyl (C=O) groups is 1. The first-order chi connectivity index (χ1) is 3.68. The SMILES string of the molecule is COC(=O)O.C[SiH2]C. The van der Waals surface area contributed by atoms with E-state index in [0.29, 0.717) is 9.52 Å². The van der Waals surface area contributed by atoms with Gasteiger partial charge in [0.2, 0.25) is 0 Å². The molecular formula is C4H12O3Si. The standard InChI is InChI=1S/C2H4O3.C2H8Si/c1-5-2(3)4;1-3-2/h1H3,(H,3,4);3H2,1-2H3. The van der Waals surface area contributed by atoms with Crippen molar-refractivity contribution in [3.63, 3.8) is 0 Å². The highest BCUT2D eigenvalue weighted by Gasteiger charge is 1.80. The summed E-state index contributed by atoms with van der Waals surface area (Å²) < 4.78 is 3.67. The monoisotopic (exact) mass is 136 g/mol. The van der Waals surface area contributed by atoms with Crippen LogP contribution in [-0.2, 0) is 4.74 Å². The largest absolute Gasteiger partial charge is 0.505 e. The zero-order valence-corrected chi connectivity index (χ0v) is 6.89. The Balaban J connectivity index is 0. The molecule has 0 amide bonds. The third kappa shape index (κ3) is 50.0. The van der Waals surface area contributed by atoms with Crippen molar-refractivity contribution in [2.45, 2.75) is 13.1 Å². The van der Waals surface area contributed by atoms with E-state index in [9.17, 15) is 0 Å². The first kappa shape index (κ1) is 10.5. The summed E-state index contributed by atoms with van der Waals surface area (Å²) in [6.07, 6.45) is -1.25. The third-order valence-electron chi connectivity index (χ3n) is 0.175. The number of rotatable bonds is 0. The van der Waals surface area contributed by atoms with E-state index in [-0.39, 0.29) is 0 Å². The van der Waals surface area contributed by atoms with Crippen LogP contribution in [-0.4, -0.2) is 27.9 Å². The second-order valence-corrected chi connectivity index (χ2v) is 2.59. The first-order valence-electron chi connectivity index (χ1n) is 2.45. The minimum absolute atomic E-state index is 0.417. The van der Waals surface area contributed by atoms with Gasteiger partial charge in [0.05, 0.1) is 7.11 Å². The van der Waals surface area contributed by atoms with E-state index in [1.54, 1.807) is 0 Å². The molecular weight excluding hydrogens is 124 g/mol. The number of hydrogen-bond donors (Lipinski definition) is 1. The number of ether oxygens (including phenoxy) is 1. The van der Waals surface area contributed by atoms with Gasteiger partial charge in [-0.25, -0.2) is 4.79 Å². The van der Waals surface area contributed by atoms with Crippen molar-refractivity contribution in [3.05, 3.63) is 0 Å². The van der Waals surface area contributed by atoms with Crippen molar-refractivity contribution >= 4 is 15.7 Å². The van der Waals surface area contributed by atoms with E-state index in [0.717, 1.165) is 7.11 Å². The zero-order valence-electron chi connectivity index (χ0n) is 5.47. The Morgan fingerprint density at radius 1 is 1.62 bits per heavy atom. The molecule has 0 bridgehead atoms. The molecule has 0 aliphatic heterocycles. The van der Waals surface area contributed by atoms with Crippen LogP contribution < -0.4 is 0 Å². The highest BCUT2D eigenvalue weighted by molar-refractivity contribution is 6.31. The van der Waals surface area contributed by atoms with Crippen molar-refractivity contribution in [2.75, 3.05) is 7.11 Å². The summed E-state index contributed by atoms with van der Waals surface area (Å²) in [5, 5.41) is 7.50. The predicted molar refractivity (Wildman–Crippen MR) is 35.3 cm³/mol. The minimum Gasteiger partial charge on any atom is -0.450 e. The maximum absolute atomic E-state index is 9.15. The lowest BCUT2D eigenvalue weighted by molar-refractivity contribution is 0.114. The molecule has 0 aromatic heterocycles. The van der Waals surface area contributed by atoms with Crippen LogP contribution in [0.25, 0.3) is 0 Å². The van der Waals surface area contributed by atoms with E-state index < -0.39 is 6.16 Å². The molecule has 0 heterocycles. The summed E-state index contributed by atoms with van der Waals surface area (Å²) in [5.74, 6) is 0. The fraction of sp³-hybridized carbons (Fsp3) is 0.750. The Kier molecular flexibility index (Phi) is 12.7. The summed E-state index contributed by atoms with van der Waals surface area (Å²) >= 11 is 0. The topological polar surface area (TPSA) is 46.5 Å². The van der Waals surface area contributed by atoms with Crippen molar-refractivity contribution in [1.82, 2.24) is 0 Å². The van der Waals surface area contributed by atoms with Crippen LogP contribution in [0.3, 0.4) is 0 Å². The van der Waals surface area contributed by atoms with Crippen molar-refractivity contribution in [3.8, 4) is 0 Å². The second kappa shape index (κ2) is 9.70. The van der Waals surface area contributed by atoms with E-state index >= 15 is 0 Å². The highest BCUT2D eigenvalue weighted by atomic mass is 28.2. The van der Waals surface area contributed by atoms with Gasteiger partial charge in [0.15, 0.2) is 0 Å². The molecule has 0 spiro atoms. The Morgan fingerprint density at radius 2 is 1.75 bits per heavy atom. The van der Waals surface area contributed by atoms with Gasteiger partial charge >= 0.3 is 6.16 Å². The average Bonchev–Trinajstić information content (AvgIpc) is 1.69. The van der Waals surface area contributed by atoms with Crippen LogP contribution in [0.1, 0.15) is 0 Å². The smallest absolute Gasteiger partial charge is 0.450 e. The van der Waals surface area contributed by atoms with Crippen LogP contribution in [0.2, 0.25) is 13.1 Å². The van der Waals surface area contributed by atoms with Crippen LogP contribution in [0.15, 0.2) is 0 Å². The molecule has 0 saturated heterocycles. The Bertz CT molecular complexity index is 55.2. The van der Waals surface area contributed by atoms with Gasteiger partial charge in [0, 0.05) is 9.52 Å². The molecule has 0 saturated carbocycles. The molecule has 0 aliphatic carbocycles. The Morgan fingerprint density at radius 3 is 1.75 bits per heavy atom.